The maximum absolute atomic E-state index is 12.8. The van der Waals surface area contributed by atoms with Gasteiger partial charge in [0.25, 0.3) is 5.56 Å². The summed E-state index contributed by atoms with van der Waals surface area (Å²) in [5, 5.41) is 5.18. The van der Waals surface area contributed by atoms with Crippen molar-refractivity contribution >= 4 is 22.6 Å². The molecule has 6 nitrogen and oxygen atoms in total. The van der Waals surface area contributed by atoms with Crippen molar-refractivity contribution in [2.75, 3.05) is 19.1 Å². The van der Waals surface area contributed by atoms with Crippen molar-refractivity contribution in [2.24, 2.45) is 11.0 Å². The van der Waals surface area contributed by atoms with Crippen LogP contribution in [-0.4, -0.2) is 29.0 Å². The van der Waals surface area contributed by atoms with E-state index < -0.39 is 0 Å². The fourth-order valence-corrected chi connectivity index (χ4v) is 3.32. The second kappa shape index (κ2) is 8.25. The van der Waals surface area contributed by atoms with E-state index in [1.807, 2.05) is 24.3 Å². The van der Waals surface area contributed by atoms with Gasteiger partial charge < -0.3 is 4.74 Å². The molecule has 1 saturated carbocycles. The minimum absolute atomic E-state index is 0.0404. The maximum atomic E-state index is 12.8. The molecule has 1 heterocycles. The zero-order valence-electron chi connectivity index (χ0n) is 15.0. The number of fused-ring (bicyclic) bond motifs is 1. The molecule has 134 valence electrons. The van der Waals surface area contributed by atoms with Gasteiger partial charge in [0.15, 0.2) is 0 Å². The molecule has 0 radical (unpaired) electrons. The molecule has 25 heavy (non-hydrogen) atoms. The number of para-hydroxylation sites is 1. The van der Waals surface area contributed by atoms with Crippen LogP contribution in [0, 0.1) is 5.92 Å². The summed E-state index contributed by atoms with van der Waals surface area (Å²) < 4.78 is 6.78. The smallest absolute Gasteiger partial charge is 0.262 e. The third kappa shape index (κ3) is 4.25. The summed E-state index contributed by atoms with van der Waals surface area (Å²) in [4.78, 5) is 17.5. The van der Waals surface area contributed by atoms with Gasteiger partial charge in [-0.1, -0.05) is 19.1 Å². The van der Waals surface area contributed by atoms with Gasteiger partial charge in [0.05, 0.1) is 10.9 Å². The van der Waals surface area contributed by atoms with Gasteiger partial charge in [-0.15, -0.1) is 0 Å². The van der Waals surface area contributed by atoms with E-state index in [0.717, 1.165) is 25.0 Å². The summed E-state index contributed by atoms with van der Waals surface area (Å²) in [6.45, 7) is 3.41. The van der Waals surface area contributed by atoms with Crippen molar-refractivity contribution in [2.45, 2.75) is 45.6 Å². The number of hydrazone groups is 1. The van der Waals surface area contributed by atoms with Crippen molar-refractivity contribution in [3.05, 3.63) is 34.6 Å². The summed E-state index contributed by atoms with van der Waals surface area (Å²) in [5.74, 6) is 1.17. The highest BCUT2D eigenvalue weighted by atomic mass is 16.5. The third-order valence-corrected chi connectivity index (χ3v) is 4.65. The lowest BCUT2D eigenvalue weighted by molar-refractivity contribution is 0.190. The Balaban J connectivity index is 1.92. The van der Waals surface area contributed by atoms with E-state index in [4.69, 9.17) is 4.74 Å². The monoisotopic (exact) mass is 342 g/mol. The molecule has 2 aromatic rings. The van der Waals surface area contributed by atoms with Crippen LogP contribution in [-0.2, 0) is 11.3 Å². The van der Waals surface area contributed by atoms with Crippen LogP contribution in [0.2, 0.25) is 0 Å². The van der Waals surface area contributed by atoms with E-state index in [1.54, 1.807) is 11.7 Å². The summed E-state index contributed by atoms with van der Waals surface area (Å²) in [6.07, 6.45) is 5.20. The molecule has 1 aromatic heterocycles. The van der Waals surface area contributed by atoms with Crippen molar-refractivity contribution in [1.82, 2.24) is 9.55 Å². The molecule has 1 atom stereocenters. The normalized spacial score (nSPS) is 19.4. The van der Waals surface area contributed by atoms with E-state index in [9.17, 15) is 4.79 Å². The Morgan fingerprint density at radius 3 is 3.04 bits per heavy atom. The number of rotatable bonds is 6. The first-order valence-electron chi connectivity index (χ1n) is 8.99. The molecule has 1 aliphatic rings. The lowest BCUT2D eigenvalue weighted by atomic mass is 9.89. The fraction of sp³-hybridized carbons (Fsp3) is 0.526. The zero-order valence-corrected chi connectivity index (χ0v) is 15.0. The molecule has 0 unspecified atom stereocenters. The van der Waals surface area contributed by atoms with Gasteiger partial charge in [0.1, 0.15) is 0 Å². The van der Waals surface area contributed by atoms with E-state index in [1.165, 1.54) is 12.8 Å². The van der Waals surface area contributed by atoms with Gasteiger partial charge in [0, 0.05) is 26.0 Å². The summed E-state index contributed by atoms with van der Waals surface area (Å²) in [7, 11) is 1.66. The Labute approximate surface area is 147 Å². The highest BCUT2D eigenvalue weighted by Crippen LogP contribution is 2.21. The molecule has 0 spiro atoms. The van der Waals surface area contributed by atoms with Gasteiger partial charge in [-0.25, -0.2) is 10.4 Å². The number of aromatic nitrogens is 2. The minimum Gasteiger partial charge on any atom is -0.385 e. The van der Waals surface area contributed by atoms with Crippen LogP contribution in [0.4, 0.5) is 5.95 Å². The predicted octanol–water partition coefficient (Wildman–Crippen LogP) is 3.41. The van der Waals surface area contributed by atoms with Crippen LogP contribution in [0.1, 0.15) is 39.0 Å². The van der Waals surface area contributed by atoms with Crippen molar-refractivity contribution in [3.63, 3.8) is 0 Å². The highest BCUT2D eigenvalue weighted by molar-refractivity contribution is 5.86. The molecule has 1 fully saturated rings. The highest BCUT2D eigenvalue weighted by Gasteiger charge is 2.15. The Bertz CT molecular complexity index is 813. The Morgan fingerprint density at radius 1 is 1.40 bits per heavy atom. The van der Waals surface area contributed by atoms with E-state index in [0.29, 0.717) is 35.9 Å². The lowest BCUT2D eigenvalue weighted by Gasteiger charge is -2.19. The van der Waals surface area contributed by atoms with Crippen molar-refractivity contribution in [1.29, 1.82) is 0 Å². The zero-order chi connectivity index (χ0) is 17.6. The molecular formula is C19H26N4O2. The van der Waals surface area contributed by atoms with Crippen molar-refractivity contribution < 1.29 is 4.74 Å². The van der Waals surface area contributed by atoms with Gasteiger partial charge in [-0.05, 0) is 50.2 Å². The number of hydrogen-bond acceptors (Lipinski definition) is 5. The molecule has 1 aliphatic carbocycles. The van der Waals surface area contributed by atoms with Gasteiger partial charge in [0.2, 0.25) is 5.95 Å². The first-order chi connectivity index (χ1) is 12.2. The average Bonchev–Trinajstić information content (AvgIpc) is 2.62. The molecular weight excluding hydrogens is 316 g/mol. The van der Waals surface area contributed by atoms with E-state index in [2.05, 4.69) is 22.4 Å². The molecule has 1 N–H and O–H groups in total. The molecule has 0 aliphatic heterocycles. The maximum Gasteiger partial charge on any atom is 0.262 e. The van der Waals surface area contributed by atoms with Crippen LogP contribution in [0.3, 0.4) is 0 Å². The number of nitrogens with one attached hydrogen (secondary N) is 1. The number of benzene rings is 1. The van der Waals surface area contributed by atoms with Gasteiger partial charge in [-0.3, -0.25) is 9.36 Å². The van der Waals surface area contributed by atoms with Gasteiger partial charge in [-0.2, -0.15) is 5.10 Å². The number of nitrogens with zero attached hydrogens (tertiary/aromatic N) is 3. The molecule has 3 rings (SSSR count). The number of methoxy groups -OCH3 is 1. The second-order valence-corrected chi connectivity index (χ2v) is 6.75. The Hall–Kier alpha value is -2.21. The number of hydrogen-bond donors (Lipinski definition) is 1. The van der Waals surface area contributed by atoms with E-state index in [-0.39, 0.29) is 5.56 Å². The Kier molecular flexibility index (Phi) is 5.81. The second-order valence-electron chi connectivity index (χ2n) is 6.75. The van der Waals surface area contributed by atoms with Crippen molar-refractivity contribution in [3.8, 4) is 0 Å². The van der Waals surface area contributed by atoms with Crippen LogP contribution in [0.5, 0.6) is 0 Å². The van der Waals surface area contributed by atoms with Crippen LogP contribution < -0.4 is 11.0 Å². The average molecular weight is 342 g/mol. The summed E-state index contributed by atoms with van der Waals surface area (Å²) in [6, 6.07) is 7.43. The summed E-state index contributed by atoms with van der Waals surface area (Å²) >= 11 is 0. The Morgan fingerprint density at radius 2 is 2.24 bits per heavy atom. The lowest BCUT2D eigenvalue weighted by Crippen LogP contribution is -2.25. The molecule has 0 amide bonds. The quantitative estimate of drug-likeness (QED) is 0.645. The molecule has 0 bridgehead atoms. The molecule has 1 aromatic carbocycles. The summed E-state index contributed by atoms with van der Waals surface area (Å²) in [5.41, 5.74) is 4.87. The number of anilines is 1. The fourth-order valence-electron chi connectivity index (χ4n) is 3.32. The van der Waals surface area contributed by atoms with E-state index >= 15 is 0 Å². The topological polar surface area (TPSA) is 68.5 Å². The SMILES string of the molecule is COCCCn1c(N/N=C2/CCC[C@@H](C)C2)nc2ccccc2c1=O. The first kappa shape index (κ1) is 17.6. The predicted molar refractivity (Wildman–Crippen MR) is 101 cm³/mol. The van der Waals surface area contributed by atoms with Crippen LogP contribution in [0.25, 0.3) is 10.9 Å². The van der Waals surface area contributed by atoms with Crippen LogP contribution >= 0.6 is 0 Å². The largest absolute Gasteiger partial charge is 0.385 e. The third-order valence-electron chi connectivity index (χ3n) is 4.65. The van der Waals surface area contributed by atoms with Gasteiger partial charge >= 0.3 is 0 Å². The molecule has 6 heteroatoms. The van der Waals surface area contributed by atoms with Crippen LogP contribution in [0.15, 0.2) is 34.2 Å². The minimum atomic E-state index is -0.0404. The number of ether oxygens (including phenoxy) is 1. The first-order valence-corrected chi connectivity index (χ1v) is 8.99. The molecule has 0 saturated heterocycles. The standard InChI is InChI=1S/C19H26N4O2/c1-14-7-5-8-15(13-14)21-22-19-20-17-10-4-3-9-16(17)18(24)23(19)11-6-12-25-2/h3-4,9-10,14H,5-8,11-13H2,1-2H3,(H,20,22)/b21-15-/t14-/m1/s1.